The van der Waals surface area contributed by atoms with Crippen LogP contribution in [0.15, 0.2) is 34.6 Å². The van der Waals surface area contributed by atoms with Gasteiger partial charge in [0.2, 0.25) is 0 Å². The van der Waals surface area contributed by atoms with E-state index in [9.17, 15) is 4.79 Å². The molecular formula is C9H8ClNO2S. The van der Waals surface area contributed by atoms with Gasteiger partial charge in [-0.3, -0.25) is 0 Å². The second-order valence-corrected chi connectivity index (χ2v) is 3.74. The van der Waals surface area contributed by atoms with Gasteiger partial charge in [0.1, 0.15) is 0 Å². The van der Waals surface area contributed by atoms with Crippen molar-refractivity contribution in [1.29, 1.82) is 0 Å². The summed E-state index contributed by atoms with van der Waals surface area (Å²) >= 11 is 7.05. The molecule has 0 saturated heterocycles. The lowest BCUT2D eigenvalue weighted by atomic mass is 10.3. The summed E-state index contributed by atoms with van der Waals surface area (Å²) in [5.74, 6) is -0.997. The van der Waals surface area contributed by atoms with Gasteiger partial charge in [-0.05, 0) is 17.5 Å². The van der Waals surface area contributed by atoms with E-state index in [4.69, 9.17) is 22.4 Å². The molecular weight excluding hydrogens is 222 g/mol. The molecule has 74 valence electrons. The van der Waals surface area contributed by atoms with Crippen molar-refractivity contribution in [3.05, 3.63) is 34.7 Å². The van der Waals surface area contributed by atoms with Crippen LogP contribution in [0.25, 0.3) is 0 Å². The van der Waals surface area contributed by atoms with Crippen LogP contribution >= 0.6 is 23.4 Å². The molecule has 0 atom stereocenters. The minimum absolute atomic E-state index is 0.519. The SMILES string of the molecule is Nc1cccc(Cl)c1SC=CC(=O)O. The molecule has 0 bridgehead atoms. The van der Waals surface area contributed by atoms with Crippen LogP contribution in [-0.2, 0) is 4.79 Å². The average molecular weight is 230 g/mol. The summed E-state index contributed by atoms with van der Waals surface area (Å²) < 4.78 is 0. The van der Waals surface area contributed by atoms with Crippen molar-refractivity contribution in [3.63, 3.8) is 0 Å². The van der Waals surface area contributed by atoms with E-state index in [2.05, 4.69) is 0 Å². The zero-order chi connectivity index (χ0) is 10.6. The third kappa shape index (κ3) is 2.97. The molecule has 0 aliphatic rings. The highest BCUT2D eigenvalue weighted by Crippen LogP contribution is 2.32. The first-order valence-electron chi connectivity index (χ1n) is 3.71. The number of thioether (sulfide) groups is 1. The Balaban J connectivity index is 2.81. The molecule has 0 spiro atoms. The fourth-order valence-electron chi connectivity index (χ4n) is 0.810. The number of hydrogen-bond donors (Lipinski definition) is 2. The first-order valence-corrected chi connectivity index (χ1v) is 4.97. The topological polar surface area (TPSA) is 63.3 Å². The Morgan fingerprint density at radius 2 is 2.29 bits per heavy atom. The Bertz CT molecular complexity index is 359. The lowest BCUT2D eigenvalue weighted by Crippen LogP contribution is -1.88. The number of carboxylic acids is 1. The standard InChI is InChI=1S/C9H8ClNO2S/c10-6-2-1-3-7(11)9(6)14-5-4-8(12)13/h1-5H,11H2,(H,12,13). The van der Waals surface area contributed by atoms with Gasteiger partial charge in [0.25, 0.3) is 0 Å². The molecule has 0 amide bonds. The molecule has 0 heterocycles. The quantitative estimate of drug-likeness (QED) is 0.475. The van der Waals surface area contributed by atoms with E-state index in [0.717, 1.165) is 6.08 Å². The summed E-state index contributed by atoms with van der Waals surface area (Å²) in [6.07, 6.45) is 1.04. The Kier molecular flexibility index (Phi) is 3.85. The van der Waals surface area contributed by atoms with Gasteiger partial charge in [-0.25, -0.2) is 4.79 Å². The first-order chi connectivity index (χ1) is 6.61. The Morgan fingerprint density at radius 3 is 2.86 bits per heavy atom. The summed E-state index contributed by atoms with van der Waals surface area (Å²) in [6, 6.07) is 5.15. The summed E-state index contributed by atoms with van der Waals surface area (Å²) in [7, 11) is 0. The normalized spacial score (nSPS) is 10.6. The third-order valence-electron chi connectivity index (χ3n) is 1.39. The average Bonchev–Trinajstić information content (AvgIpc) is 2.09. The molecule has 0 aliphatic heterocycles. The van der Waals surface area contributed by atoms with Gasteiger partial charge in [-0.1, -0.05) is 29.4 Å². The molecule has 0 unspecified atom stereocenters. The number of hydrogen-bond acceptors (Lipinski definition) is 3. The molecule has 0 saturated carbocycles. The predicted octanol–water partition coefficient (Wildman–Crippen LogP) is 2.61. The van der Waals surface area contributed by atoms with E-state index in [0.29, 0.717) is 15.6 Å². The van der Waals surface area contributed by atoms with E-state index in [1.807, 2.05) is 0 Å². The van der Waals surface area contributed by atoms with Crippen molar-refractivity contribution < 1.29 is 9.90 Å². The van der Waals surface area contributed by atoms with E-state index in [-0.39, 0.29) is 0 Å². The number of rotatable bonds is 3. The maximum Gasteiger partial charge on any atom is 0.328 e. The number of carbonyl (C=O) groups is 1. The summed E-state index contributed by atoms with van der Waals surface area (Å²) in [4.78, 5) is 10.9. The summed E-state index contributed by atoms with van der Waals surface area (Å²) in [6.45, 7) is 0. The van der Waals surface area contributed by atoms with Gasteiger partial charge in [0.05, 0.1) is 9.92 Å². The van der Waals surface area contributed by atoms with Crippen molar-refractivity contribution in [2.45, 2.75) is 4.90 Å². The number of anilines is 1. The predicted molar refractivity (Wildman–Crippen MR) is 58.5 cm³/mol. The maximum atomic E-state index is 10.2. The molecule has 1 aromatic carbocycles. The zero-order valence-corrected chi connectivity index (χ0v) is 8.68. The smallest absolute Gasteiger partial charge is 0.328 e. The van der Waals surface area contributed by atoms with Crippen LogP contribution in [0, 0.1) is 0 Å². The summed E-state index contributed by atoms with van der Waals surface area (Å²) in [5.41, 5.74) is 6.19. The van der Waals surface area contributed by atoms with E-state index in [1.165, 1.54) is 17.2 Å². The Morgan fingerprint density at radius 1 is 1.57 bits per heavy atom. The van der Waals surface area contributed by atoms with Crippen molar-refractivity contribution in [1.82, 2.24) is 0 Å². The van der Waals surface area contributed by atoms with Gasteiger partial charge in [0, 0.05) is 11.8 Å². The fourth-order valence-corrected chi connectivity index (χ4v) is 1.83. The number of nitrogens with two attached hydrogens (primary N) is 1. The second-order valence-electron chi connectivity index (χ2n) is 2.42. The van der Waals surface area contributed by atoms with E-state index >= 15 is 0 Å². The molecule has 0 radical (unpaired) electrons. The molecule has 14 heavy (non-hydrogen) atoms. The fraction of sp³-hybridized carbons (Fsp3) is 0. The van der Waals surface area contributed by atoms with Gasteiger partial charge in [-0.2, -0.15) is 0 Å². The third-order valence-corrected chi connectivity index (χ3v) is 2.78. The molecule has 5 heteroatoms. The molecule has 3 N–H and O–H groups in total. The molecule has 0 aliphatic carbocycles. The molecule has 3 nitrogen and oxygen atoms in total. The number of aliphatic carboxylic acids is 1. The highest BCUT2D eigenvalue weighted by atomic mass is 35.5. The Labute approximate surface area is 90.6 Å². The van der Waals surface area contributed by atoms with Crippen LogP contribution in [0.4, 0.5) is 5.69 Å². The van der Waals surface area contributed by atoms with Crippen LogP contribution < -0.4 is 5.73 Å². The van der Waals surface area contributed by atoms with Crippen molar-refractivity contribution in [3.8, 4) is 0 Å². The molecule has 0 fully saturated rings. The van der Waals surface area contributed by atoms with Gasteiger partial charge < -0.3 is 10.8 Å². The molecule has 1 rings (SSSR count). The van der Waals surface area contributed by atoms with Crippen LogP contribution in [0.1, 0.15) is 0 Å². The zero-order valence-electron chi connectivity index (χ0n) is 7.11. The number of halogens is 1. The lowest BCUT2D eigenvalue weighted by molar-refractivity contribution is -0.131. The monoisotopic (exact) mass is 229 g/mol. The van der Waals surface area contributed by atoms with Gasteiger partial charge in [-0.15, -0.1) is 0 Å². The summed E-state index contributed by atoms with van der Waals surface area (Å²) in [5, 5.41) is 10.3. The van der Waals surface area contributed by atoms with Gasteiger partial charge >= 0.3 is 5.97 Å². The number of carboxylic acid groups (broad SMARTS) is 1. The van der Waals surface area contributed by atoms with Crippen LogP contribution in [0.3, 0.4) is 0 Å². The lowest BCUT2D eigenvalue weighted by Gasteiger charge is -2.03. The van der Waals surface area contributed by atoms with Crippen LogP contribution in [0.2, 0.25) is 5.02 Å². The number of benzene rings is 1. The minimum atomic E-state index is -0.997. The van der Waals surface area contributed by atoms with Gasteiger partial charge in [0.15, 0.2) is 0 Å². The maximum absolute atomic E-state index is 10.2. The van der Waals surface area contributed by atoms with E-state index in [1.54, 1.807) is 18.2 Å². The minimum Gasteiger partial charge on any atom is -0.478 e. The first kappa shape index (κ1) is 10.9. The van der Waals surface area contributed by atoms with Crippen LogP contribution in [-0.4, -0.2) is 11.1 Å². The van der Waals surface area contributed by atoms with Crippen molar-refractivity contribution in [2.75, 3.05) is 5.73 Å². The number of nitrogen functional groups attached to an aromatic ring is 1. The van der Waals surface area contributed by atoms with E-state index < -0.39 is 5.97 Å². The molecule has 0 aromatic heterocycles. The largest absolute Gasteiger partial charge is 0.478 e. The second kappa shape index (κ2) is 4.93. The van der Waals surface area contributed by atoms with Crippen molar-refractivity contribution in [2.24, 2.45) is 0 Å². The molecule has 1 aromatic rings. The van der Waals surface area contributed by atoms with Crippen LogP contribution in [0.5, 0.6) is 0 Å². The highest BCUT2D eigenvalue weighted by Gasteiger charge is 2.02. The van der Waals surface area contributed by atoms with Crippen molar-refractivity contribution >= 4 is 35.0 Å². The highest BCUT2D eigenvalue weighted by molar-refractivity contribution is 8.02. The Hall–Kier alpha value is -1.13.